The molecule has 1 fully saturated rings. The fraction of sp³-hybridized carbons (Fsp3) is 0.500. The van der Waals surface area contributed by atoms with Gasteiger partial charge in [0, 0.05) is 12.6 Å². The number of benzene rings is 1. The molecule has 0 saturated carbocycles. The van der Waals surface area contributed by atoms with Crippen LogP contribution >= 0.6 is 11.6 Å². The number of carbonyl (C=O) groups excluding carboxylic acids is 1. The number of hydrogen-bond acceptors (Lipinski definition) is 4. The molecule has 0 aromatic heterocycles. The molecule has 1 unspecified atom stereocenters. The van der Waals surface area contributed by atoms with E-state index < -0.39 is 0 Å². The summed E-state index contributed by atoms with van der Waals surface area (Å²) < 4.78 is 5.40. The number of hydrogen-bond donors (Lipinski definition) is 3. The first-order valence-electron chi connectivity index (χ1n) is 6.93. The summed E-state index contributed by atoms with van der Waals surface area (Å²) in [6.07, 6.45) is 2.45. The standard InChI is InChI=1S/C14H18ClN3O2/c15-10-4-12-13(20-8-14(19)18-12)5-11(10)17-7-9-2-1-3-16-6-9/h4-5,9,16-17H,1-3,6-8H2,(H,18,19). The first kappa shape index (κ1) is 13.5. The Kier molecular flexibility index (Phi) is 3.98. The van der Waals surface area contributed by atoms with Crippen LogP contribution in [0.3, 0.4) is 0 Å². The van der Waals surface area contributed by atoms with Crippen LogP contribution in [0.5, 0.6) is 5.75 Å². The van der Waals surface area contributed by atoms with Crippen LogP contribution in [0.2, 0.25) is 5.02 Å². The molecule has 3 N–H and O–H groups in total. The van der Waals surface area contributed by atoms with Crippen molar-refractivity contribution in [1.29, 1.82) is 0 Å². The van der Waals surface area contributed by atoms with Crippen molar-refractivity contribution in [1.82, 2.24) is 5.32 Å². The molecule has 0 radical (unpaired) electrons. The zero-order valence-corrected chi connectivity index (χ0v) is 11.9. The van der Waals surface area contributed by atoms with Crippen LogP contribution in [0.15, 0.2) is 12.1 Å². The van der Waals surface area contributed by atoms with Gasteiger partial charge in [-0.1, -0.05) is 11.6 Å². The summed E-state index contributed by atoms with van der Waals surface area (Å²) in [6, 6.07) is 3.59. The molecule has 1 amide bonds. The average molecular weight is 296 g/mol. The van der Waals surface area contributed by atoms with E-state index in [-0.39, 0.29) is 12.5 Å². The predicted octanol–water partition coefficient (Wildman–Crippen LogP) is 2.08. The fourth-order valence-corrected chi connectivity index (χ4v) is 2.82. The van der Waals surface area contributed by atoms with E-state index in [1.54, 1.807) is 6.07 Å². The van der Waals surface area contributed by atoms with Crippen LogP contribution in [0, 0.1) is 5.92 Å². The van der Waals surface area contributed by atoms with E-state index in [1.807, 2.05) is 6.07 Å². The molecule has 0 spiro atoms. The lowest BCUT2D eigenvalue weighted by molar-refractivity contribution is -0.118. The van der Waals surface area contributed by atoms with Crippen LogP contribution < -0.4 is 20.7 Å². The number of halogens is 1. The van der Waals surface area contributed by atoms with Crippen molar-refractivity contribution in [3.63, 3.8) is 0 Å². The molecule has 2 heterocycles. The number of amides is 1. The second-order valence-corrected chi connectivity index (χ2v) is 5.67. The van der Waals surface area contributed by atoms with E-state index in [2.05, 4.69) is 16.0 Å². The van der Waals surface area contributed by atoms with E-state index in [0.717, 1.165) is 25.3 Å². The van der Waals surface area contributed by atoms with Crippen LogP contribution in [0.1, 0.15) is 12.8 Å². The maximum Gasteiger partial charge on any atom is 0.262 e. The molecule has 20 heavy (non-hydrogen) atoms. The van der Waals surface area contributed by atoms with Gasteiger partial charge in [-0.2, -0.15) is 0 Å². The summed E-state index contributed by atoms with van der Waals surface area (Å²) in [5.74, 6) is 1.14. The Bertz CT molecular complexity index is 515. The Morgan fingerprint density at radius 3 is 3.15 bits per heavy atom. The summed E-state index contributed by atoms with van der Waals surface area (Å²) in [6.45, 7) is 3.10. The van der Waals surface area contributed by atoms with Gasteiger partial charge in [0.25, 0.3) is 5.91 Å². The fourth-order valence-electron chi connectivity index (χ4n) is 2.59. The molecule has 1 atom stereocenters. The molecular formula is C14H18ClN3O2. The lowest BCUT2D eigenvalue weighted by Gasteiger charge is -2.24. The summed E-state index contributed by atoms with van der Waals surface area (Å²) >= 11 is 6.24. The minimum atomic E-state index is -0.150. The van der Waals surface area contributed by atoms with Crippen molar-refractivity contribution in [2.45, 2.75) is 12.8 Å². The van der Waals surface area contributed by atoms with E-state index >= 15 is 0 Å². The van der Waals surface area contributed by atoms with Crippen LogP contribution in [0.25, 0.3) is 0 Å². The summed E-state index contributed by atoms with van der Waals surface area (Å²) in [7, 11) is 0. The summed E-state index contributed by atoms with van der Waals surface area (Å²) in [4.78, 5) is 11.3. The Labute approximate surface area is 123 Å². The van der Waals surface area contributed by atoms with E-state index in [1.165, 1.54) is 12.8 Å². The zero-order chi connectivity index (χ0) is 13.9. The molecule has 0 bridgehead atoms. The molecule has 2 aliphatic heterocycles. The third kappa shape index (κ3) is 2.99. The summed E-state index contributed by atoms with van der Waals surface area (Å²) in [5.41, 5.74) is 1.49. The number of rotatable bonds is 3. The topological polar surface area (TPSA) is 62.4 Å². The maximum atomic E-state index is 11.3. The largest absolute Gasteiger partial charge is 0.482 e. The van der Waals surface area contributed by atoms with Crippen LogP contribution in [0.4, 0.5) is 11.4 Å². The molecule has 1 aromatic rings. The minimum Gasteiger partial charge on any atom is -0.482 e. The van der Waals surface area contributed by atoms with Crippen molar-refractivity contribution in [2.24, 2.45) is 5.92 Å². The molecule has 6 heteroatoms. The molecule has 1 saturated heterocycles. The van der Waals surface area contributed by atoms with Gasteiger partial charge in [0.1, 0.15) is 5.75 Å². The number of nitrogens with one attached hydrogen (secondary N) is 3. The predicted molar refractivity (Wildman–Crippen MR) is 79.7 cm³/mol. The Balaban J connectivity index is 1.68. The highest BCUT2D eigenvalue weighted by Gasteiger charge is 2.19. The normalized spacial score (nSPS) is 21.6. The quantitative estimate of drug-likeness (QED) is 0.799. The lowest BCUT2D eigenvalue weighted by atomic mass is 10.00. The van der Waals surface area contributed by atoms with Crippen LogP contribution in [-0.2, 0) is 4.79 Å². The van der Waals surface area contributed by atoms with Crippen molar-refractivity contribution < 1.29 is 9.53 Å². The van der Waals surface area contributed by atoms with Crippen molar-refractivity contribution >= 4 is 28.9 Å². The van der Waals surface area contributed by atoms with E-state index in [4.69, 9.17) is 16.3 Å². The van der Waals surface area contributed by atoms with Crippen LogP contribution in [-0.4, -0.2) is 32.1 Å². The van der Waals surface area contributed by atoms with Gasteiger partial charge in [-0.15, -0.1) is 0 Å². The van der Waals surface area contributed by atoms with Gasteiger partial charge in [-0.05, 0) is 37.9 Å². The molecule has 2 aliphatic rings. The van der Waals surface area contributed by atoms with Crippen molar-refractivity contribution in [3.8, 4) is 5.75 Å². The molecule has 1 aromatic carbocycles. The maximum absolute atomic E-state index is 11.3. The molecule has 0 aliphatic carbocycles. The van der Waals surface area contributed by atoms with Gasteiger partial charge >= 0.3 is 0 Å². The second kappa shape index (κ2) is 5.89. The monoisotopic (exact) mass is 295 g/mol. The first-order chi connectivity index (χ1) is 9.72. The van der Waals surface area contributed by atoms with Crippen molar-refractivity contribution in [3.05, 3.63) is 17.2 Å². The number of ether oxygens (including phenoxy) is 1. The second-order valence-electron chi connectivity index (χ2n) is 5.26. The van der Waals surface area contributed by atoms with Gasteiger partial charge in [0.2, 0.25) is 0 Å². The number of carbonyl (C=O) groups is 1. The smallest absolute Gasteiger partial charge is 0.262 e. The van der Waals surface area contributed by atoms with Crippen molar-refractivity contribution in [2.75, 3.05) is 36.9 Å². The highest BCUT2D eigenvalue weighted by atomic mass is 35.5. The van der Waals surface area contributed by atoms with Gasteiger partial charge in [0.05, 0.1) is 16.4 Å². The van der Waals surface area contributed by atoms with E-state index in [0.29, 0.717) is 22.4 Å². The highest BCUT2D eigenvalue weighted by Crippen LogP contribution is 2.36. The first-order valence-corrected chi connectivity index (χ1v) is 7.31. The zero-order valence-electron chi connectivity index (χ0n) is 11.2. The molecule has 3 rings (SSSR count). The van der Waals surface area contributed by atoms with Gasteiger partial charge < -0.3 is 20.7 Å². The number of piperidine rings is 1. The van der Waals surface area contributed by atoms with Gasteiger partial charge in [-0.3, -0.25) is 4.79 Å². The third-order valence-electron chi connectivity index (χ3n) is 3.68. The number of anilines is 2. The highest BCUT2D eigenvalue weighted by molar-refractivity contribution is 6.33. The van der Waals surface area contributed by atoms with Gasteiger partial charge in [0.15, 0.2) is 6.61 Å². The SMILES string of the molecule is O=C1COc2cc(NCC3CCCNC3)c(Cl)cc2N1. The lowest BCUT2D eigenvalue weighted by Crippen LogP contribution is -2.33. The van der Waals surface area contributed by atoms with Gasteiger partial charge in [-0.25, -0.2) is 0 Å². The summed E-state index contributed by atoms with van der Waals surface area (Å²) in [5, 5.41) is 10.1. The average Bonchev–Trinajstić information content (AvgIpc) is 2.46. The number of fused-ring (bicyclic) bond motifs is 1. The Morgan fingerprint density at radius 2 is 2.35 bits per heavy atom. The third-order valence-corrected chi connectivity index (χ3v) is 3.99. The minimum absolute atomic E-state index is 0.0562. The Morgan fingerprint density at radius 1 is 1.45 bits per heavy atom. The molecule has 108 valence electrons. The molecule has 5 nitrogen and oxygen atoms in total. The van der Waals surface area contributed by atoms with E-state index in [9.17, 15) is 4.79 Å². The molecular weight excluding hydrogens is 278 g/mol. The Hall–Kier alpha value is -1.46.